The van der Waals surface area contributed by atoms with Gasteiger partial charge in [-0.2, -0.15) is 0 Å². The quantitative estimate of drug-likeness (QED) is 0.879. The third-order valence-corrected chi connectivity index (χ3v) is 4.41. The highest BCUT2D eigenvalue weighted by atomic mass is 32.2. The minimum absolute atomic E-state index is 0.225. The summed E-state index contributed by atoms with van der Waals surface area (Å²) in [4.78, 5) is 12.1. The molecule has 110 valence electrons. The van der Waals surface area contributed by atoms with Crippen molar-refractivity contribution >= 4 is 21.6 Å². The van der Waals surface area contributed by atoms with Gasteiger partial charge in [-0.15, -0.1) is 0 Å². The monoisotopic (exact) mass is 298 g/mol. The first-order valence-corrected chi connectivity index (χ1v) is 8.10. The number of anilines is 1. The van der Waals surface area contributed by atoms with E-state index in [9.17, 15) is 13.2 Å². The fourth-order valence-corrected chi connectivity index (χ4v) is 2.25. The van der Waals surface area contributed by atoms with E-state index >= 15 is 0 Å². The number of ether oxygens (including phenoxy) is 1. The summed E-state index contributed by atoms with van der Waals surface area (Å²) in [7, 11) is -0.448. The number of amides is 1. The predicted octanol–water partition coefficient (Wildman–Crippen LogP) is 0.983. The van der Waals surface area contributed by atoms with E-state index in [2.05, 4.69) is 5.32 Å². The molecule has 7 heteroatoms. The van der Waals surface area contributed by atoms with E-state index in [1.807, 2.05) is 0 Å². The van der Waals surface area contributed by atoms with Gasteiger partial charge >= 0.3 is 0 Å². The number of carbonyl (C=O) groups excluding carboxylic acids is 1. The summed E-state index contributed by atoms with van der Waals surface area (Å²) in [5.74, 6) is 0.182. The Morgan fingerprint density at radius 3 is 2.55 bits per heavy atom. The van der Waals surface area contributed by atoms with Crippen LogP contribution in [-0.2, 0) is 10.0 Å². The first kappa shape index (κ1) is 14.6. The van der Waals surface area contributed by atoms with E-state index in [0.29, 0.717) is 17.0 Å². The zero-order chi connectivity index (χ0) is 14.9. The highest BCUT2D eigenvalue weighted by molar-refractivity contribution is 7.92. The van der Waals surface area contributed by atoms with Gasteiger partial charge in [0, 0.05) is 13.1 Å². The number of nitrogens with one attached hydrogen (secondary N) is 1. The Morgan fingerprint density at radius 2 is 2.05 bits per heavy atom. The average molecular weight is 298 g/mol. The van der Waals surface area contributed by atoms with Crippen LogP contribution in [0.2, 0.25) is 0 Å². The van der Waals surface area contributed by atoms with Gasteiger partial charge in [-0.1, -0.05) is 0 Å². The number of benzene rings is 1. The van der Waals surface area contributed by atoms with Crippen molar-refractivity contribution in [3.05, 3.63) is 23.8 Å². The lowest BCUT2D eigenvalue weighted by molar-refractivity contribution is 0.0948. The first-order valence-electron chi connectivity index (χ1n) is 6.25. The van der Waals surface area contributed by atoms with Crippen LogP contribution < -0.4 is 14.4 Å². The maximum absolute atomic E-state index is 12.1. The molecule has 1 N–H and O–H groups in total. The normalized spacial score (nSPS) is 14.8. The average Bonchev–Trinajstić information content (AvgIpc) is 3.19. The Morgan fingerprint density at radius 1 is 1.40 bits per heavy atom. The van der Waals surface area contributed by atoms with E-state index in [4.69, 9.17) is 4.74 Å². The van der Waals surface area contributed by atoms with Crippen molar-refractivity contribution < 1.29 is 17.9 Å². The van der Waals surface area contributed by atoms with Crippen LogP contribution in [0, 0.1) is 0 Å². The highest BCUT2D eigenvalue weighted by Gasteiger charge is 2.26. The highest BCUT2D eigenvalue weighted by Crippen LogP contribution is 2.27. The van der Waals surface area contributed by atoms with Gasteiger partial charge in [-0.25, -0.2) is 8.42 Å². The van der Waals surface area contributed by atoms with Crippen LogP contribution in [0.25, 0.3) is 0 Å². The number of sulfonamides is 1. The van der Waals surface area contributed by atoms with Gasteiger partial charge in [0.25, 0.3) is 5.91 Å². The van der Waals surface area contributed by atoms with E-state index in [1.165, 1.54) is 20.2 Å². The molecule has 1 aliphatic rings. The molecule has 1 aliphatic carbocycles. The fraction of sp³-hybridized carbons (Fsp3) is 0.462. The van der Waals surface area contributed by atoms with Crippen molar-refractivity contribution in [3.8, 4) is 5.75 Å². The molecule has 1 saturated carbocycles. The number of rotatable bonds is 5. The van der Waals surface area contributed by atoms with Crippen LogP contribution in [0.15, 0.2) is 18.2 Å². The van der Waals surface area contributed by atoms with Gasteiger partial charge in [0.05, 0.1) is 24.6 Å². The summed E-state index contributed by atoms with van der Waals surface area (Å²) in [5, 5.41) is 2.86. The maximum atomic E-state index is 12.1. The second-order valence-electron chi connectivity index (χ2n) is 4.86. The molecular weight excluding hydrogens is 280 g/mol. The molecule has 1 amide bonds. The molecule has 6 nitrogen and oxygen atoms in total. The molecule has 0 heterocycles. The Balaban J connectivity index is 2.35. The van der Waals surface area contributed by atoms with Gasteiger partial charge in [0.15, 0.2) is 0 Å². The van der Waals surface area contributed by atoms with Gasteiger partial charge in [0.1, 0.15) is 5.75 Å². The number of methoxy groups -OCH3 is 1. The van der Waals surface area contributed by atoms with Crippen molar-refractivity contribution in [2.75, 3.05) is 24.7 Å². The van der Waals surface area contributed by atoms with E-state index < -0.39 is 10.0 Å². The summed E-state index contributed by atoms with van der Waals surface area (Å²) in [6, 6.07) is 4.95. The molecule has 0 aliphatic heterocycles. The Hall–Kier alpha value is -1.76. The number of carbonyl (C=O) groups is 1. The molecule has 0 atom stereocenters. The standard InChI is InChI=1S/C13H18N2O4S/c1-15(20(3,17)18)10-6-7-12(19-2)11(8-10)13(16)14-9-4-5-9/h6-9H,4-5H2,1-3H3,(H,14,16). The third-order valence-electron chi connectivity index (χ3n) is 3.20. The molecule has 0 spiro atoms. The largest absolute Gasteiger partial charge is 0.496 e. The smallest absolute Gasteiger partial charge is 0.255 e. The van der Waals surface area contributed by atoms with Gasteiger partial charge < -0.3 is 10.1 Å². The summed E-state index contributed by atoms with van der Waals surface area (Å²) in [5.41, 5.74) is 0.765. The second kappa shape index (κ2) is 5.32. The van der Waals surface area contributed by atoms with Crippen molar-refractivity contribution in [1.82, 2.24) is 5.32 Å². The summed E-state index contributed by atoms with van der Waals surface area (Å²) >= 11 is 0. The van der Waals surface area contributed by atoms with E-state index in [1.54, 1.807) is 12.1 Å². The SMILES string of the molecule is COc1ccc(N(C)S(C)(=O)=O)cc1C(=O)NC1CC1. The molecule has 1 aromatic rings. The topological polar surface area (TPSA) is 75.7 Å². The molecule has 2 rings (SSSR count). The second-order valence-corrected chi connectivity index (χ2v) is 6.88. The van der Waals surface area contributed by atoms with Crippen LogP contribution in [0.5, 0.6) is 5.75 Å². The molecule has 0 bridgehead atoms. The van der Waals surface area contributed by atoms with E-state index in [0.717, 1.165) is 23.4 Å². The number of hydrogen-bond donors (Lipinski definition) is 1. The Labute approximate surface area is 118 Å². The Kier molecular flexibility index (Phi) is 3.89. The van der Waals surface area contributed by atoms with Crippen LogP contribution in [-0.4, -0.2) is 40.8 Å². The number of nitrogens with zero attached hydrogens (tertiary/aromatic N) is 1. The zero-order valence-electron chi connectivity index (χ0n) is 11.7. The van der Waals surface area contributed by atoms with Crippen molar-refractivity contribution in [1.29, 1.82) is 0 Å². The molecule has 1 fully saturated rings. The molecule has 0 aromatic heterocycles. The minimum Gasteiger partial charge on any atom is -0.496 e. The van der Waals surface area contributed by atoms with Crippen LogP contribution >= 0.6 is 0 Å². The van der Waals surface area contributed by atoms with Gasteiger partial charge in [-0.05, 0) is 31.0 Å². The van der Waals surface area contributed by atoms with Crippen LogP contribution in [0.4, 0.5) is 5.69 Å². The summed E-state index contributed by atoms with van der Waals surface area (Å²) in [6.45, 7) is 0. The van der Waals surface area contributed by atoms with Gasteiger partial charge in [-0.3, -0.25) is 9.10 Å². The third kappa shape index (κ3) is 3.22. The lowest BCUT2D eigenvalue weighted by Gasteiger charge is -2.18. The molecular formula is C13H18N2O4S. The van der Waals surface area contributed by atoms with Crippen molar-refractivity contribution in [2.24, 2.45) is 0 Å². The lowest BCUT2D eigenvalue weighted by atomic mass is 10.1. The van der Waals surface area contributed by atoms with Crippen LogP contribution in [0.1, 0.15) is 23.2 Å². The maximum Gasteiger partial charge on any atom is 0.255 e. The van der Waals surface area contributed by atoms with Crippen molar-refractivity contribution in [2.45, 2.75) is 18.9 Å². The molecule has 0 radical (unpaired) electrons. The molecule has 20 heavy (non-hydrogen) atoms. The summed E-state index contributed by atoms with van der Waals surface area (Å²) < 4.78 is 29.4. The van der Waals surface area contributed by atoms with Crippen LogP contribution in [0.3, 0.4) is 0 Å². The zero-order valence-corrected chi connectivity index (χ0v) is 12.5. The Bertz CT molecular complexity index is 623. The molecule has 1 aromatic carbocycles. The van der Waals surface area contributed by atoms with Crippen molar-refractivity contribution in [3.63, 3.8) is 0 Å². The molecule has 0 saturated heterocycles. The fourth-order valence-electron chi connectivity index (χ4n) is 1.75. The number of hydrogen-bond acceptors (Lipinski definition) is 4. The predicted molar refractivity (Wildman–Crippen MR) is 76.7 cm³/mol. The van der Waals surface area contributed by atoms with E-state index in [-0.39, 0.29) is 11.9 Å². The lowest BCUT2D eigenvalue weighted by Crippen LogP contribution is -2.28. The first-order chi connectivity index (χ1) is 9.32. The summed E-state index contributed by atoms with van der Waals surface area (Å²) in [6.07, 6.45) is 3.08. The van der Waals surface area contributed by atoms with Gasteiger partial charge in [0.2, 0.25) is 10.0 Å². The molecule has 0 unspecified atom stereocenters. The minimum atomic E-state index is -3.37.